The van der Waals surface area contributed by atoms with Crippen molar-refractivity contribution < 1.29 is 9.53 Å². The van der Waals surface area contributed by atoms with Gasteiger partial charge < -0.3 is 4.74 Å². The summed E-state index contributed by atoms with van der Waals surface area (Å²) in [6, 6.07) is 7.44. The number of amides is 1. The van der Waals surface area contributed by atoms with Crippen molar-refractivity contribution >= 4 is 27.5 Å². The molecule has 1 heterocycles. The van der Waals surface area contributed by atoms with E-state index in [0.29, 0.717) is 15.9 Å². The Labute approximate surface area is 130 Å². The molecule has 0 aliphatic rings. The van der Waals surface area contributed by atoms with E-state index in [-0.39, 0.29) is 5.91 Å². The van der Waals surface area contributed by atoms with Gasteiger partial charge in [0.15, 0.2) is 0 Å². The zero-order valence-corrected chi connectivity index (χ0v) is 13.5. The number of nitrogens with one attached hydrogen (secondary N) is 1. The first kappa shape index (κ1) is 15.2. The van der Waals surface area contributed by atoms with Crippen molar-refractivity contribution in [2.24, 2.45) is 12.1 Å². The second-order valence-corrected chi connectivity index (χ2v) is 5.19. The van der Waals surface area contributed by atoms with E-state index in [4.69, 9.17) is 4.74 Å². The molecule has 0 atom stereocenters. The minimum Gasteiger partial charge on any atom is -0.497 e. The van der Waals surface area contributed by atoms with Gasteiger partial charge in [-0.05, 0) is 52.7 Å². The van der Waals surface area contributed by atoms with Gasteiger partial charge in [-0.1, -0.05) is 0 Å². The Morgan fingerprint density at radius 1 is 1.38 bits per heavy atom. The van der Waals surface area contributed by atoms with E-state index in [0.717, 1.165) is 11.3 Å². The van der Waals surface area contributed by atoms with Crippen molar-refractivity contribution in [1.29, 1.82) is 0 Å². The van der Waals surface area contributed by atoms with Gasteiger partial charge in [0.2, 0.25) is 0 Å². The Bertz CT molecular complexity index is 657. The molecule has 0 fully saturated rings. The average molecular weight is 351 g/mol. The van der Waals surface area contributed by atoms with Gasteiger partial charge in [-0.3, -0.25) is 9.48 Å². The Morgan fingerprint density at radius 3 is 2.57 bits per heavy atom. The van der Waals surface area contributed by atoms with E-state index in [2.05, 4.69) is 31.6 Å². The van der Waals surface area contributed by atoms with Gasteiger partial charge in [0.1, 0.15) is 11.4 Å². The van der Waals surface area contributed by atoms with E-state index < -0.39 is 0 Å². The number of halogens is 1. The van der Waals surface area contributed by atoms with Crippen LogP contribution in [0.25, 0.3) is 0 Å². The van der Waals surface area contributed by atoms with Crippen molar-refractivity contribution in [2.75, 3.05) is 7.11 Å². The molecule has 2 rings (SSSR count). The number of aryl methyl sites for hydroxylation is 1. The maximum absolute atomic E-state index is 12.1. The number of carbonyl (C=O) groups excluding carboxylic acids is 1. The minimum absolute atomic E-state index is 0.324. The fourth-order valence-electron chi connectivity index (χ4n) is 1.75. The molecule has 1 amide bonds. The molecule has 0 bridgehead atoms. The fourth-order valence-corrected chi connectivity index (χ4v) is 2.28. The molecule has 6 nitrogen and oxygen atoms in total. The van der Waals surface area contributed by atoms with Gasteiger partial charge in [-0.25, -0.2) is 5.43 Å². The van der Waals surface area contributed by atoms with Gasteiger partial charge in [-0.15, -0.1) is 0 Å². The second kappa shape index (κ2) is 6.53. The molecular formula is C14H15BrN4O2. The topological polar surface area (TPSA) is 68.5 Å². The number of carbonyl (C=O) groups is 1. The first-order valence-electron chi connectivity index (χ1n) is 6.19. The van der Waals surface area contributed by atoms with Gasteiger partial charge in [0.05, 0.1) is 23.5 Å². The number of hydrogen-bond donors (Lipinski definition) is 1. The van der Waals surface area contributed by atoms with Crippen molar-refractivity contribution in [2.45, 2.75) is 6.92 Å². The minimum atomic E-state index is -0.324. The Morgan fingerprint density at radius 2 is 2.05 bits per heavy atom. The fraction of sp³-hybridized carbons (Fsp3) is 0.214. The monoisotopic (exact) mass is 350 g/mol. The van der Waals surface area contributed by atoms with Crippen LogP contribution in [0.15, 0.2) is 40.0 Å². The van der Waals surface area contributed by atoms with Crippen LogP contribution in [0.2, 0.25) is 0 Å². The lowest BCUT2D eigenvalue weighted by molar-refractivity contribution is 0.0944. The summed E-state index contributed by atoms with van der Waals surface area (Å²) >= 11 is 3.28. The molecular weight excluding hydrogens is 336 g/mol. The quantitative estimate of drug-likeness (QED) is 0.679. The summed E-state index contributed by atoms with van der Waals surface area (Å²) in [6.07, 6.45) is 1.56. The third-order valence-corrected chi connectivity index (χ3v) is 3.52. The highest BCUT2D eigenvalue weighted by Gasteiger charge is 2.14. The highest BCUT2D eigenvalue weighted by Crippen LogP contribution is 2.15. The summed E-state index contributed by atoms with van der Waals surface area (Å²) in [5, 5.41) is 8.09. The van der Waals surface area contributed by atoms with E-state index in [1.807, 2.05) is 31.2 Å². The average Bonchev–Trinajstić information content (AvgIpc) is 2.83. The van der Waals surface area contributed by atoms with Crippen LogP contribution in [-0.4, -0.2) is 28.5 Å². The molecule has 0 aliphatic heterocycles. The van der Waals surface area contributed by atoms with Crippen LogP contribution < -0.4 is 10.2 Å². The number of hydrogen-bond acceptors (Lipinski definition) is 4. The summed E-state index contributed by atoms with van der Waals surface area (Å²) in [4.78, 5) is 12.1. The summed E-state index contributed by atoms with van der Waals surface area (Å²) in [5.74, 6) is 0.448. The molecule has 1 N–H and O–H groups in total. The van der Waals surface area contributed by atoms with Crippen molar-refractivity contribution in [3.8, 4) is 5.75 Å². The lowest BCUT2D eigenvalue weighted by atomic mass is 10.1. The summed E-state index contributed by atoms with van der Waals surface area (Å²) in [7, 11) is 3.31. The normalized spacial score (nSPS) is 11.3. The number of ether oxygens (including phenoxy) is 1. The van der Waals surface area contributed by atoms with E-state index >= 15 is 0 Å². The molecule has 0 aliphatic carbocycles. The molecule has 0 spiro atoms. The van der Waals surface area contributed by atoms with E-state index in [9.17, 15) is 4.79 Å². The highest BCUT2D eigenvalue weighted by molar-refractivity contribution is 9.10. The summed E-state index contributed by atoms with van der Waals surface area (Å²) in [5.41, 5.74) is 4.54. The Hall–Kier alpha value is -2.15. The highest BCUT2D eigenvalue weighted by atomic mass is 79.9. The standard InChI is InChI=1S/C14H15BrN4O2/c1-9(10-4-6-11(21-3)7-5-10)17-18-14(20)13-12(15)8-16-19(13)2/h4-8H,1-3H3,(H,18,20)/b17-9-. The number of benzene rings is 1. The van der Waals surface area contributed by atoms with Crippen LogP contribution in [0, 0.1) is 0 Å². The van der Waals surface area contributed by atoms with Gasteiger partial charge >= 0.3 is 0 Å². The van der Waals surface area contributed by atoms with Crippen molar-refractivity contribution in [3.63, 3.8) is 0 Å². The van der Waals surface area contributed by atoms with E-state index in [1.165, 1.54) is 4.68 Å². The van der Waals surface area contributed by atoms with E-state index in [1.54, 1.807) is 20.4 Å². The molecule has 0 unspecified atom stereocenters. The van der Waals surface area contributed by atoms with Crippen LogP contribution >= 0.6 is 15.9 Å². The number of nitrogens with zero attached hydrogens (tertiary/aromatic N) is 3. The molecule has 1 aromatic heterocycles. The maximum Gasteiger partial charge on any atom is 0.290 e. The first-order valence-corrected chi connectivity index (χ1v) is 6.98. The zero-order chi connectivity index (χ0) is 15.4. The lowest BCUT2D eigenvalue weighted by Gasteiger charge is -2.05. The maximum atomic E-state index is 12.1. The molecule has 1 aromatic carbocycles. The van der Waals surface area contributed by atoms with Crippen LogP contribution in [-0.2, 0) is 7.05 Å². The van der Waals surface area contributed by atoms with Crippen LogP contribution in [0.1, 0.15) is 23.0 Å². The SMILES string of the molecule is COc1ccc(/C(C)=N\NC(=O)c2c(Br)cnn2C)cc1. The molecule has 2 aromatic rings. The Balaban J connectivity index is 2.11. The second-order valence-electron chi connectivity index (χ2n) is 4.33. The molecule has 0 saturated heterocycles. The Kier molecular flexibility index (Phi) is 4.74. The van der Waals surface area contributed by atoms with Crippen molar-refractivity contribution in [3.05, 3.63) is 46.2 Å². The number of methoxy groups -OCH3 is 1. The first-order chi connectivity index (χ1) is 10.0. The van der Waals surface area contributed by atoms with Gasteiger partial charge in [-0.2, -0.15) is 10.2 Å². The van der Waals surface area contributed by atoms with Gasteiger partial charge in [0.25, 0.3) is 5.91 Å². The number of aromatic nitrogens is 2. The molecule has 110 valence electrons. The van der Waals surface area contributed by atoms with Crippen LogP contribution in [0.5, 0.6) is 5.75 Å². The molecule has 0 radical (unpaired) electrons. The number of rotatable bonds is 4. The smallest absolute Gasteiger partial charge is 0.290 e. The molecule has 7 heteroatoms. The third kappa shape index (κ3) is 3.49. The predicted octanol–water partition coefficient (Wildman–Crippen LogP) is 2.35. The molecule has 21 heavy (non-hydrogen) atoms. The zero-order valence-electron chi connectivity index (χ0n) is 11.9. The number of hydrazone groups is 1. The largest absolute Gasteiger partial charge is 0.497 e. The van der Waals surface area contributed by atoms with Crippen LogP contribution in [0.3, 0.4) is 0 Å². The van der Waals surface area contributed by atoms with Gasteiger partial charge in [0, 0.05) is 7.05 Å². The predicted molar refractivity (Wildman–Crippen MR) is 83.6 cm³/mol. The third-order valence-electron chi connectivity index (χ3n) is 2.94. The molecule has 0 saturated carbocycles. The lowest BCUT2D eigenvalue weighted by Crippen LogP contribution is -2.22. The summed E-state index contributed by atoms with van der Waals surface area (Å²) < 4.78 is 7.21. The summed E-state index contributed by atoms with van der Waals surface area (Å²) in [6.45, 7) is 1.82. The van der Waals surface area contributed by atoms with Crippen molar-refractivity contribution in [1.82, 2.24) is 15.2 Å². The van der Waals surface area contributed by atoms with Crippen LogP contribution in [0.4, 0.5) is 0 Å².